The van der Waals surface area contributed by atoms with E-state index in [0.29, 0.717) is 30.8 Å². The molecule has 20 heavy (non-hydrogen) atoms. The van der Waals surface area contributed by atoms with Crippen LogP contribution in [0.5, 0.6) is 0 Å². The van der Waals surface area contributed by atoms with Gasteiger partial charge in [-0.3, -0.25) is 0 Å². The van der Waals surface area contributed by atoms with Crippen molar-refractivity contribution in [3.8, 4) is 0 Å². The van der Waals surface area contributed by atoms with Gasteiger partial charge in [0.05, 0.1) is 6.10 Å². The summed E-state index contributed by atoms with van der Waals surface area (Å²) >= 11 is 0. The predicted molar refractivity (Wildman–Crippen MR) is 82.3 cm³/mol. The van der Waals surface area contributed by atoms with Crippen LogP contribution < -0.4 is 15.5 Å². The first kappa shape index (κ1) is 16.4. The highest BCUT2D eigenvalue weighted by molar-refractivity contribution is 5.43. The Bertz CT molecular complexity index is 394. The number of rotatable bonds is 9. The number of anilines is 3. The summed E-state index contributed by atoms with van der Waals surface area (Å²) in [5.41, 5.74) is 0. The SMILES string of the molecule is CCNc1nc(NCCC(C)O)nc(N(CC)CC)n1. The monoisotopic (exact) mass is 282 g/mol. The second kappa shape index (κ2) is 8.52. The molecule has 0 aliphatic carbocycles. The zero-order valence-electron chi connectivity index (χ0n) is 12.8. The Morgan fingerprint density at radius 1 is 1.05 bits per heavy atom. The number of nitrogens with zero attached hydrogens (tertiary/aromatic N) is 4. The third kappa shape index (κ3) is 5.16. The molecule has 0 aliphatic rings. The lowest BCUT2D eigenvalue weighted by Crippen LogP contribution is -2.25. The maximum Gasteiger partial charge on any atom is 0.231 e. The molecule has 1 aromatic heterocycles. The van der Waals surface area contributed by atoms with Gasteiger partial charge in [0.15, 0.2) is 0 Å². The Balaban J connectivity index is 2.86. The van der Waals surface area contributed by atoms with Gasteiger partial charge in [0.2, 0.25) is 17.8 Å². The molecule has 0 aliphatic heterocycles. The first-order valence-corrected chi connectivity index (χ1v) is 7.27. The van der Waals surface area contributed by atoms with Gasteiger partial charge in [-0.2, -0.15) is 15.0 Å². The molecular formula is C13H26N6O. The Morgan fingerprint density at radius 3 is 2.15 bits per heavy atom. The molecule has 0 spiro atoms. The molecule has 1 unspecified atom stereocenters. The Morgan fingerprint density at radius 2 is 1.65 bits per heavy atom. The van der Waals surface area contributed by atoms with Gasteiger partial charge in [-0.1, -0.05) is 0 Å². The largest absolute Gasteiger partial charge is 0.393 e. The number of hydrogen-bond acceptors (Lipinski definition) is 7. The van der Waals surface area contributed by atoms with Gasteiger partial charge in [0.1, 0.15) is 0 Å². The molecule has 0 radical (unpaired) electrons. The van der Waals surface area contributed by atoms with Crippen molar-refractivity contribution in [1.29, 1.82) is 0 Å². The molecule has 0 bridgehead atoms. The van der Waals surface area contributed by atoms with Crippen molar-refractivity contribution in [2.75, 3.05) is 41.7 Å². The van der Waals surface area contributed by atoms with Crippen molar-refractivity contribution in [3.63, 3.8) is 0 Å². The van der Waals surface area contributed by atoms with Crippen LogP contribution in [0, 0.1) is 0 Å². The number of nitrogens with one attached hydrogen (secondary N) is 2. The third-order valence-corrected chi connectivity index (χ3v) is 2.85. The number of aliphatic hydroxyl groups excluding tert-OH is 1. The molecular weight excluding hydrogens is 256 g/mol. The molecule has 1 atom stereocenters. The van der Waals surface area contributed by atoms with E-state index in [2.05, 4.69) is 44.3 Å². The van der Waals surface area contributed by atoms with Gasteiger partial charge < -0.3 is 20.6 Å². The predicted octanol–water partition coefficient (Wildman–Crippen LogP) is 1.33. The third-order valence-electron chi connectivity index (χ3n) is 2.85. The van der Waals surface area contributed by atoms with E-state index in [9.17, 15) is 5.11 Å². The van der Waals surface area contributed by atoms with Crippen LogP contribution in [0.25, 0.3) is 0 Å². The van der Waals surface area contributed by atoms with Crippen molar-refractivity contribution < 1.29 is 5.11 Å². The van der Waals surface area contributed by atoms with Gasteiger partial charge in [-0.05, 0) is 34.1 Å². The standard InChI is InChI=1S/C13H26N6O/c1-5-14-11-16-12(15-9-8-10(4)20)18-13(17-11)19(6-2)7-3/h10,20H,5-9H2,1-4H3,(H2,14,15,16,17,18). The molecule has 1 heterocycles. The van der Waals surface area contributed by atoms with Crippen LogP contribution in [0.3, 0.4) is 0 Å². The molecule has 7 nitrogen and oxygen atoms in total. The van der Waals surface area contributed by atoms with Gasteiger partial charge in [-0.15, -0.1) is 0 Å². The van der Waals surface area contributed by atoms with Gasteiger partial charge in [0.25, 0.3) is 0 Å². The zero-order valence-corrected chi connectivity index (χ0v) is 12.8. The lowest BCUT2D eigenvalue weighted by atomic mass is 10.3. The highest BCUT2D eigenvalue weighted by Gasteiger charge is 2.10. The number of aromatic nitrogens is 3. The fourth-order valence-electron chi connectivity index (χ4n) is 1.72. The maximum atomic E-state index is 9.27. The van der Waals surface area contributed by atoms with Crippen LogP contribution in [0.1, 0.15) is 34.1 Å². The van der Waals surface area contributed by atoms with Gasteiger partial charge in [0, 0.05) is 26.2 Å². The van der Waals surface area contributed by atoms with Crippen molar-refractivity contribution in [2.45, 2.75) is 40.2 Å². The minimum Gasteiger partial charge on any atom is -0.393 e. The highest BCUT2D eigenvalue weighted by atomic mass is 16.3. The van der Waals surface area contributed by atoms with Crippen LogP contribution in [-0.4, -0.2) is 52.3 Å². The van der Waals surface area contributed by atoms with Crippen molar-refractivity contribution in [2.24, 2.45) is 0 Å². The van der Waals surface area contributed by atoms with E-state index >= 15 is 0 Å². The number of aliphatic hydroxyl groups is 1. The highest BCUT2D eigenvalue weighted by Crippen LogP contribution is 2.13. The summed E-state index contributed by atoms with van der Waals surface area (Å²) in [4.78, 5) is 15.2. The first-order valence-electron chi connectivity index (χ1n) is 7.27. The van der Waals surface area contributed by atoms with E-state index < -0.39 is 0 Å². The second-order valence-corrected chi connectivity index (χ2v) is 4.55. The van der Waals surface area contributed by atoms with Gasteiger partial charge in [-0.25, -0.2) is 0 Å². The molecule has 1 aromatic rings. The first-order chi connectivity index (χ1) is 9.60. The van der Waals surface area contributed by atoms with E-state index in [-0.39, 0.29) is 6.10 Å². The average Bonchev–Trinajstić information content (AvgIpc) is 2.40. The molecule has 7 heteroatoms. The summed E-state index contributed by atoms with van der Waals surface area (Å²) < 4.78 is 0. The fraction of sp³-hybridized carbons (Fsp3) is 0.769. The van der Waals surface area contributed by atoms with Crippen LogP contribution in [0.4, 0.5) is 17.8 Å². The van der Waals surface area contributed by atoms with Crippen LogP contribution in [-0.2, 0) is 0 Å². The van der Waals surface area contributed by atoms with E-state index in [1.807, 2.05) is 6.92 Å². The molecule has 0 saturated heterocycles. The minimum atomic E-state index is -0.333. The fourth-order valence-corrected chi connectivity index (χ4v) is 1.72. The smallest absolute Gasteiger partial charge is 0.231 e. The molecule has 0 amide bonds. The lowest BCUT2D eigenvalue weighted by molar-refractivity contribution is 0.188. The molecule has 3 N–H and O–H groups in total. The zero-order chi connectivity index (χ0) is 15.0. The van der Waals surface area contributed by atoms with E-state index in [1.165, 1.54) is 0 Å². The summed E-state index contributed by atoms with van der Waals surface area (Å²) in [5.74, 6) is 1.78. The van der Waals surface area contributed by atoms with E-state index in [1.54, 1.807) is 6.92 Å². The summed E-state index contributed by atoms with van der Waals surface area (Å²) in [6.45, 7) is 11.0. The second-order valence-electron chi connectivity index (χ2n) is 4.55. The summed E-state index contributed by atoms with van der Waals surface area (Å²) in [6.07, 6.45) is 0.322. The lowest BCUT2D eigenvalue weighted by Gasteiger charge is -2.19. The maximum absolute atomic E-state index is 9.27. The van der Waals surface area contributed by atoms with Crippen molar-refractivity contribution in [1.82, 2.24) is 15.0 Å². The summed E-state index contributed by atoms with van der Waals surface area (Å²) in [6, 6.07) is 0. The Hall–Kier alpha value is -1.63. The molecule has 114 valence electrons. The molecule has 0 aromatic carbocycles. The minimum absolute atomic E-state index is 0.333. The topological polar surface area (TPSA) is 86.2 Å². The van der Waals surface area contributed by atoms with Crippen molar-refractivity contribution in [3.05, 3.63) is 0 Å². The number of hydrogen-bond donors (Lipinski definition) is 3. The Labute approximate surface area is 120 Å². The quantitative estimate of drug-likeness (QED) is 0.630. The molecule has 1 rings (SSSR count). The molecule has 0 saturated carbocycles. The normalized spacial score (nSPS) is 12.1. The van der Waals surface area contributed by atoms with Crippen LogP contribution >= 0.6 is 0 Å². The van der Waals surface area contributed by atoms with Gasteiger partial charge >= 0.3 is 0 Å². The Kier molecular flexibility index (Phi) is 7.00. The summed E-state index contributed by atoms with van der Waals surface area (Å²) in [7, 11) is 0. The average molecular weight is 282 g/mol. The summed E-state index contributed by atoms with van der Waals surface area (Å²) in [5, 5.41) is 15.5. The van der Waals surface area contributed by atoms with E-state index in [4.69, 9.17) is 0 Å². The van der Waals surface area contributed by atoms with Crippen LogP contribution in [0.15, 0.2) is 0 Å². The van der Waals surface area contributed by atoms with Crippen LogP contribution in [0.2, 0.25) is 0 Å². The molecule has 0 fully saturated rings. The van der Waals surface area contributed by atoms with E-state index in [0.717, 1.165) is 19.6 Å². The van der Waals surface area contributed by atoms with Crippen molar-refractivity contribution >= 4 is 17.8 Å².